The highest BCUT2D eigenvalue weighted by atomic mass is 14.4. The molecule has 1 aliphatic rings. The van der Waals surface area contributed by atoms with Crippen molar-refractivity contribution < 1.29 is 0 Å². The van der Waals surface area contributed by atoms with Gasteiger partial charge in [-0.05, 0) is 29.2 Å². The Labute approximate surface area is 99.1 Å². The molecule has 0 aliphatic heterocycles. The fourth-order valence-corrected chi connectivity index (χ4v) is 2.28. The predicted molar refractivity (Wildman–Crippen MR) is 73.2 cm³/mol. The van der Waals surface area contributed by atoms with Crippen LogP contribution in [0.2, 0.25) is 0 Å². The Kier molecular flexibility index (Phi) is 3.23. The monoisotopic (exact) mass is 212 g/mol. The Balaban J connectivity index is 3.46. The second kappa shape index (κ2) is 4.13. The van der Waals surface area contributed by atoms with Crippen LogP contribution in [0.25, 0.3) is 0 Å². The van der Waals surface area contributed by atoms with E-state index in [1.54, 1.807) is 0 Å². The molecule has 0 saturated heterocycles. The fourth-order valence-electron chi connectivity index (χ4n) is 2.28. The SMILES string of the molecule is C=CC1=C(C=C)C(C)(C)/C(=C/C(=C)C)C1=C. The minimum atomic E-state index is -0.0543. The highest BCUT2D eigenvalue weighted by Gasteiger charge is 2.36. The minimum Gasteiger partial charge on any atom is -0.0987 e. The van der Waals surface area contributed by atoms with Gasteiger partial charge in [0.1, 0.15) is 0 Å². The molecule has 0 fully saturated rings. The van der Waals surface area contributed by atoms with E-state index in [1.807, 2.05) is 19.1 Å². The summed E-state index contributed by atoms with van der Waals surface area (Å²) in [6, 6.07) is 0. The molecule has 0 atom stereocenters. The fraction of sp³-hybridized carbons (Fsp3) is 0.250. The number of rotatable bonds is 3. The van der Waals surface area contributed by atoms with Crippen LogP contribution in [-0.2, 0) is 0 Å². The third-order valence-corrected chi connectivity index (χ3v) is 3.09. The molecule has 0 spiro atoms. The summed E-state index contributed by atoms with van der Waals surface area (Å²) in [5.41, 5.74) is 5.54. The first-order valence-corrected chi connectivity index (χ1v) is 5.43. The second-order valence-electron chi connectivity index (χ2n) is 4.74. The second-order valence-corrected chi connectivity index (χ2v) is 4.74. The van der Waals surface area contributed by atoms with Crippen molar-refractivity contribution in [2.75, 3.05) is 0 Å². The summed E-state index contributed by atoms with van der Waals surface area (Å²) in [6.45, 7) is 22.2. The Morgan fingerprint density at radius 2 is 1.75 bits per heavy atom. The van der Waals surface area contributed by atoms with Gasteiger partial charge in [0.25, 0.3) is 0 Å². The molecule has 0 radical (unpaired) electrons. The molecule has 16 heavy (non-hydrogen) atoms. The highest BCUT2D eigenvalue weighted by Crippen LogP contribution is 2.50. The van der Waals surface area contributed by atoms with Crippen LogP contribution in [0.3, 0.4) is 0 Å². The summed E-state index contributed by atoms with van der Waals surface area (Å²) in [4.78, 5) is 0. The Morgan fingerprint density at radius 1 is 1.19 bits per heavy atom. The Bertz CT molecular complexity index is 437. The van der Waals surface area contributed by atoms with Gasteiger partial charge in [-0.15, -0.1) is 0 Å². The minimum absolute atomic E-state index is 0.0543. The maximum atomic E-state index is 4.15. The van der Waals surface area contributed by atoms with Crippen molar-refractivity contribution in [3.8, 4) is 0 Å². The molecule has 0 heterocycles. The zero-order chi connectivity index (χ0) is 12.5. The topological polar surface area (TPSA) is 0 Å². The molecule has 0 N–H and O–H groups in total. The normalized spacial score (nSPS) is 21.4. The summed E-state index contributed by atoms with van der Waals surface area (Å²) in [7, 11) is 0. The van der Waals surface area contributed by atoms with Crippen molar-refractivity contribution in [3.05, 3.63) is 72.4 Å². The van der Waals surface area contributed by atoms with Crippen molar-refractivity contribution in [1.82, 2.24) is 0 Å². The first kappa shape index (κ1) is 12.5. The molecule has 0 aromatic heterocycles. The zero-order valence-electron chi connectivity index (χ0n) is 10.6. The molecule has 0 nitrogen and oxygen atoms in total. The molecule has 0 unspecified atom stereocenters. The highest BCUT2D eigenvalue weighted by molar-refractivity contribution is 5.67. The lowest BCUT2D eigenvalue weighted by Gasteiger charge is -2.23. The van der Waals surface area contributed by atoms with E-state index in [4.69, 9.17) is 0 Å². The van der Waals surface area contributed by atoms with Gasteiger partial charge in [-0.2, -0.15) is 0 Å². The van der Waals surface area contributed by atoms with Crippen molar-refractivity contribution in [3.63, 3.8) is 0 Å². The smallest absolute Gasteiger partial charge is 0.0158 e. The molecule has 0 saturated carbocycles. The van der Waals surface area contributed by atoms with Crippen molar-refractivity contribution in [2.24, 2.45) is 5.41 Å². The Hall–Kier alpha value is -1.56. The molecule has 0 aromatic rings. The van der Waals surface area contributed by atoms with E-state index in [0.717, 1.165) is 16.7 Å². The molecular weight excluding hydrogens is 192 g/mol. The van der Waals surface area contributed by atoms with Gasteiger partial charge in [0, 0.05) is 5.41 Å². The Morgan fingerprint density at radius 3 is 2.06 bits per heavy atom. The third kappa shape index (κ3) is 1.76. The van der Waals surface area contributed by atoms with Crippen LogP contribution in [0.1, 0.15) is 20.8 Å². The molecule has 0 heteroatoms. The number of allylic oxidation sites excluding steroid dienone is 8. The van der Waals surface area contributed by atoms with E-state index in [9.17, 15) is 0 Å². The lowest BCUT2D eigenvalue weighted by atomic mass is 9.80. The predicted octanol–water partition coefficient (Wildman–Crippen LogP) is 4.75. The molecule has 1 aliphatic carbocycles. The number of hydrogen-bond acceptors (Lipinski definition) is 0. The van der Waals surface area contributed by atoms with Gasteiger partial charge in [-0.25, -0.2) is 0 Å². The van der Waals surface area contributed by atoms with E-state index >= 15 is 0 Å². The summed E-state index contributed by atoms with van der Waals surface area (Å²) in [6.07, 6.45) is 5.87. The van der Waals surface area contributed by atoms with Crippen LogP contribution in [0.4, 0.5) is 0 Å². The van der Waals surface area contributed by atoms with Crippen molar-refractivity contribution in [1.29, 1.82) is 0 Å². The van der Waals surface area contributed by atoms with Gasteiger partial charge >= 0.3 is 0 Å². The largest absolute Gasteiger partial charge is 0.0987 e. The molecular formula is C16H20. The first-order chi connectivity index (χ1) is 7.36. The lowest BCUT2D eigenvalue weighted by Crippen LogP contribution is -2.12. The van der Waals surface area contributed by atoms with Gasteiger partial charge in [0.15, 0.2) is 0 Å². The third-order valence-electron chi connectivity index (χ3n) is 3.09. The maximum Gasteiger partial charge on any atom is 0.0158 e. The summed E-state index contributed by atoms with van der Waals surface area (Å²) < 4.78 is 0. The van der Waals surface area contributed by atoms with Crippen LogP contribution in [-0.4, -0.2) is 0 Å². The van der Waals surface area contributed by atoms with E-state index in [2.05, 4.69) is 46.2 Å². The van der Waals surface area contributed by atoms with Crippen LogP contribution < -0.4 is 0 Å². The van der Waals surface area contributed by atoms with Crippen LogP contribution in [0.5, 0.6) is 0 Å². The van der Waals surface area contributed by atoms with Crippen LogP contribution in [0, 0.1) is 5.41 Å². The van der Waals surface area contributed by atoms with Gasteiger partial charge < -0.3 is 0 Å². The van der Waals surface area contributed by atoms with Crippen LogP contribution >= 0.6 is 0 Å². The quantitative estimate of drug-likeness (QED) is 0.633. The molecule has 0 aromatic carbocycles. The molecule has 84 valence electrons. The average Bonchev–Trinajstić information content (AvgIpc) is 2.36. The van der Waals surface area contributed by atoms with E-state index in [0.29, 0.717) is 0 Å². The van der Waals surface area contributed by atoms with Crippen molar-refractivity contribution >= 4 is 0 Å². The van der Waals surface area contributed by atoms with E-state index < -0.39 is 0 Å². The zero-order valence-corrected chi connectivity index (χ0v) is 10.6. The summed E-state index contributed by atoms with van der Waals surface area (Å²) in [5, 5.41) is 0. The first-order valence-electron chi connectivity index (χ1n) is 5.43. The average molecular weight is 212 g/mol. The van der Waals surface area contributed by atoms with Gasteiger partial charge in [-0.1, -0.05) is 64.0 Å². The van der Waals surface area contributed by atoms with E-state index in [-0.39, 0.29) is 5.41 Å². The summed E-state index contributed by atoms with van der Waals surface area (Å²) in [5.74, 6) is 0. The standard InChI is InChI=1S/C16H20/c1-8-13-12(5)15(10-11(3)4)16(6,7)14(13)9-2/h8-10H,1-3,5H2,4,6-7H3/b15-10+. The molecule has 0 bridgehead atoms. The van der Waals surface area contributed by atoms with Crippen LogP contribution in [0.15, 0.2) is 72.4 Å². The number of hydrogen-bond donors (Lipinski definition) is 0. The van der Waals surface area contributed by atoms with Crippen molar-refractivity contribution in [2.45, 2.75) is 20.8 Å². The van der Waals surface area contributed by atoms with Gasteiger partial charge in [0.05, 0.1) is 0 Å². The molecule has 1 rings (SSSR count). The lowest BCUT2D eigenvalue weighted by molar-refractivity contribution is 0.578. The maximum absolute atomic E-state index is 4.15. The van der Waals surface area contributed by atoms with Gasteiger partial charge in [-0.3, -0.25) is 0 Å². The summed E-state index contributed by atoms with van der Waals surface area (Å²) >= 11 is 0. The molecule has 0 amide bonds. The van der Waals surface area contributed by atoms with Gasteiger partial charge in [0.2, 0.25) is 0 Å². The van der Waals surface area contributed by atoms with E-state index in [1.165, 1.54) is 11.1 Å².